The highest BCUT2D eigenvalue weighted by molar-refractivity contribution is 5.84. The van der Waals surface area contributed by atoms with Gasteiger partial charge in [-0.1, -0.05) is 19.8 Å². The molecular formula is C13H25N3O. The van der Waals surface area contributed by atoms with Crippen molar-refractivity contribution in [1.29, 1.82) is 0 Å². The largest absolute Gasteiger partial charge is 0.341 e. The van der Waals surface area contributed by atoms with E-state index in [1.165, 1.54) is 12.8 Å². The number of hydrogen-bond donors (Lipinski definition) is 1. The molecule has 4 heteroatoms. The van der Waals surface area contributed by atoms with Gasteiger partial charge in [0, 0.05) is 39.3 Å². The average Bonchev–Trinajstić information content (AvgIpc) is 2.73. The van der Waals surface area contributed by atoms with Crippen LogP contribution in [-0.4, -0.2) is 61.0 Å². The van der Waals surface area contributed by atoms with E-state index in [9.17, 15) is 4.79 Å². The lowest BCUT2D eigenvalue weighted by Gasteiger charge is -2.31. The van der Waals surface area contributed by atoms with Gasteiger partial charge in [0.15, 0.2) is 0 Å². The minimum Gasteiger partial charge on any atom is -0.341 e. The first-order chi connectivity index (χ1) is 8.33. The maximum Gasteiger partial charge on any atom is 0.239 e. The Hall–Kier alpha value is -0.610. The predicted molar refractivity (Wildman–Crippen MR) is 69.0 cm³/mol. The second kappa shape index (κ2) is 6.36. The third-order valence-corrected chi connectivity index (χ3v) is 3.89. The fourth-order valence-corrected chi connectivity index (χ4v) is 2.83. The van der Waals surface area contributed by atoms with Crippen LogP contribution in [-0.2, 0) is 4.79 Å². The van der Waals surface area contributed by atoms with Gasteiger partial charge in [-0.2, -0.15) is 0 Å². The minimum atomic E-state index is 0.179. The molecule has 2 heterocycles. The van der Waals surface area contributed by atoms with Crippen molar-refractivity contribution < 1.29 is 4.79 Å². The lowest BCUT2D eigenvalue weighted by Crippen LogP contribution is -2.51. The molecule has 0 spiro atoms. The molecule has 4 nitrogen and oxygen atoms in total. The number of unbranched alkanes of at least 4 members (excludes halogenated alkanes) is 2. The van der Waals surface area contributed by atoms with E-state index in [-0.39, 0.29) is 6.04 Å². The molecule has 2 fully saturated rings. The zero-order valence-electron chi connectivity index (χ0n) is 11.0. The van der Waals surface area contributed by atoms with Gasteiger partial charge >= 0.3 is 0 Å². The highest BCUT2D eigenvalue weighted by Crippen LogP contribution is 2.18. The van der Waals surface area contributed by atoms with E-state index in [1.54, 1.807) is 0 Å². The summed E-state index contributed by atoms with van der Waals surface area (Å²) in [5.74, 6) is 0.378. The van der Waals surface area contributed by atoms with Crippen molar-refractivity contribution in [3.8, 4) is 0 Å². The van der Waals surface area contributed by atoms with Gasteiger partial charge in [0.1, 0.15) is 0 Å². The van der Waals surface area contributed by atoms with E-state index in [0.717, 1.165) is 52.1 Å². The Bertz CT molecular complexity index is 251. The van der Waals surface area contributed by atoms with E-state index in [1.807, 2.05) is 0 Å². The summed E-state index contributed by atoms with van der Waals surface area (Å²) in [6.07, 6.45) is 4.66. The number of nitrogens with zero attached hydrogens (tertiary/aromatic N) is 2. The summed E-state index contributed by atoms with van der Waals surface area (Å²) in [4.78, 5) is 16.7. The van der Waals surface area contributed by atoms with Gasteiger partial charge in [0.2, 0.25) is 5.91 Å². The van der Waals surface area contributed by atoms with Crippen molar-refractivity contribution >= 4 is 5.91 Å². The summed E-state index contributed by atoms with van der Waals surface area (Å²) >= 11 is 0. The van der Waals surface area contributed by atoms with Gasteiger partial charge in [-0.25, -0.2) is 0 Å². The van der Waals surface area contributed by atoms with Gasteiger partial charge < -0.3 is 10.2 Å². The van der Waals surface area contributed by atoms with Crippen LogP contribution in [0.25, 0.3) is 0 Å². The number of rotatable bonds is 5. The predicted octanol–water partition coefficient (Wildman–Crippen LogP) is 0.683. The highest BCUT2D eigenvalue weighted by atomic mass is 16.2. The Labute approximate surface area is 104 Å². The first-order valence-electron chi connectivity index (χ1n) is 7.06. The molecule has 2 aliphatic rings. The fraction of sp³-hybridized carbons (Fsp3) is 0.923. The molecule has 1 unspecified atom stereocenters. The molecule has 0 aliphatic carbocycles. The van der Waals surface area contributed by atoms with Crippen LogP contribution in [0.2, 0.25) is 0 Å². The van der Waals surface area contributed by atoms with Crippen LogP contribution in [0.1, 0.15) is 32.6 Å². The maximum absolute atomic E-state index is 12.3. The van der Waals surface area contributed by atoms with Crippen LogP contribution in [0.3, 0.4) is 0 Å². The van der Waals surface area contributed by atoms with Crippen LogP contribution in [0, 0.1) is 0 Å². The van der Waals surface area contributed by atoms with Crippen molar-refractivity contribution in [2.45, 2.75) is 38.6 Å². The van der Waals surface area contributed by atoms with Crippen molar-refractivity contribution in [1.82, 2.24) is 15.1 Å². The average molecular weight is 239 g/mol. The molecule has 98 valence electrons. The van der Waals surface area contributed by atoms with Gasteiger partial charge in [0.05, 0.1) is 6.04 Å². The Kier molecular flexibility index (Phi) is 4.80. The van der Waals surface area contributed by atoms with E-state index in [4.69, 9.17) is 0 Å². The number of carbonyl (C=O) groups is 1. The van der Waals surface area contributed by atoms with Crippen molar-refractivity contribution in [3.63, 3.8) is 0 Å². The molecule has 1 atom stereocenters. The monoisotopic (exact) mass is 239 g/mol. The van der Waals surface area contributed by atoms with E-state index in [2.05, 4.69) is 22.0 Å². The smallest absolute Gasteiger partial charge is 0.239 e. The topological polar surface area (TPSA) is 35.6 Å². The second-order valence-electron chi connectivity index (χ2n) is 5.12. The SMILES string of the molecule is CCCCCN1CCC(N2CCNCC2)C1=O. The summed E-state index contributed by atoms with van der Waals surface area (Å²) in [6.45, 7) is 8.25. The molecular weight excluding hydrogens is 214 g/mol. The number of piperazine rings is 1. The Balaban J connectivity index is 1.79. The number of amides is 1. The summed E-state index contributed by atoms with van der Waals surface area (Å²) in [5, 5.41) is 3.34. The molecule has 0 aromatic heterocycles. The normalized spacial score (nSPS) is 26.8. The molecule has 2 saturated heterocycles. The molecule has 2 rings (SSSR count). The summed E-state index contributed by atoms with van der Waals surface area (Å²) in [6, 6.07) is 0.179. The number of carbonyl (C=O) groups excluding carboxylic acids is 1. The Morgan fingerprint density at radius 3 is 2.71 bits per heavy atom. The van der Waals surface area contributed by atoms with Crippen molar-refractivity contribution in [3.05, 3.63) is 0 Å². The van der Waals surface area contributed by atoms with Crippen LogP contribution in [0.15, 0.2) is 0 Å². The van der Waals surface area contributed by atoms with E-state index < -0.39 is 0 Å². The molecule has 0 radical (unpaired) electrons. The van der Waals surface area contributed by atoms with Gasteiger partial charge in [-0.15, -0.1) is 0 Å². The van der Waals surface area contributed by atoms with Gasteiger partial charge in [-0.05, 0) is 12.8 Å². The molecule has 0 saturated carbocycles. The Morgan fingerprint density at radius 1 is 1.24 bits per heavy atom. The second-order valence-corrected chi connectivity index (χ2v) is 5.12. The van der Waals surface area contributed by atoms with Crippen molar-refractivity contribution in [2.75, 3.05) is 39.3 Å². The van der Waals surface area contributed by atoms with Gasteiger partial charge in [-0.3, -0.25) is 9.69 Å². The third kappa shape index (κ3) is 3.19. The fourth-order valence-electron chi connectivity index (χ4n) is 2.83. The van der Waals surface area contributed by atoms with E-state index >= 15 is 0 Å². The quantitative estimate of drug-likeness (QED) is 0.717. The maximum atomic E-state index is 12.3. The third-order valence-electron chi connectivity index (χ3n) is 3.89. The minimum absolute atomic E-state index is 0.179. The molecule has 17 heavy (non-hydrogen) atoms. The van der Waals surface area contributed by atoms with Crippen LogP contribution in [0.5, 0.6) is 0 Å². The summed E-state index contributed by atoms with van der Waals surface area (Å²) in [5.41, 5.74) is 0. The molecule has 1 amide bonds. The molecule has 1 N–H and O–H groups in total. The molecule has 0 bridgehead atoms. The Morgan fingerprint density at radius 2 is 2.00 bits per heavy atom. The van der Waals surface area contributed by atoms with Crippen LogP contribution >= 0.6 is 0 Å². The van der Waals surface area contributed by atoms with Crippen LogP contribution < -0.4 is 5.32 Å². The first-order valence-corrected chi connectivity index (χ1v) is 7.06. The zero-order valence-corrected chi connectivity index (χ0v) is 11.0. The first kappa shape index (κ1) is 12.8. The molecule has 0 aromatic carbocycles. The standard InChI is InChI=1S/C13H25N3O/c1-2-3-4-8-16-9-5-12(13(16)17)15-10-6-14-7-11-15/h12,14H,2-11H2,1H3. The molecule has 2 aliphatic heterocycles. The summed E-state index contributed by atoms with van der Waals surface area (Å²) in [7, 11) is 0. The van der Waals surface area contributed by atoms with E-state index in [0.29, 0.717) is 5.91 Å². The molecule has 0 aromatic rings. The number of likely N-dealkylation sites (tertiary alicyclic amines) is 1. The summed E-state index contributed by atoms with van der Waals surface area (Å²) < 4.78 is 0. The number of nitrogens with one attached hydrogen (secondary N) is 1. The lowest BCUT2D eigenvalue weighted by molar-refractivity contribution is -0.132. The zero-order chi connectivity index (χ0) is 12.1. The number of hydrogen-bond acceptors (Lipinski definition) is 3. The van der Waals surface area contributed by atoms with Crippen LogP contribution in [0.4, 0.5) is 0 Å². The van der Waals surface area contributed by atoms with Gasteiger partial charge in [0.25, 0.3) is 0 Å². The lowest BCUT2D eigenvalue weighted by atomic mass is 10.2. The highest BCUT2D eigenvalue weighted by Gasteiger charge is 2.35. The van der Waals surface area contributed by atoms with Crippen molar-refractivity contribution in [2.24, 2.45) is 0 Å².